The molecule has 0 bridgehead atoms. The first-order chi connectivity index (χ1) is 7.36. The lowest BCUT2D eigenvalue weighted by Crippen LogP contribution is -2.39. The number of hydroxylamine groups is 2. The smallest absolute Gasteiger partial charge is 0.322 e. The maximum Gasteiger partial charge on any atom is 0.434 e. The molecule has 1 saturated heterocycles. The summed E-state index contributed by atoms with van der Waals surface area (Å²) in [5.41, 5.74) is 0. The van der Waals surface area contributed by atoms with Crippen molar-refractivity contribution in [1.29, 1.82) is 0 Å². The van der Waals surface area contributed by atoms with Crippen LogP contribution in [0.15, 0.2) is 24.4 Å². The van der Waals surface area contributed by atoms with Gasteiger partial charge >= 0.3 is 6.09 Å². The number of rotatable bonds is 1. The molecule has 2 heterocycles. The van der Waals surface area contributed by atoms with E-state index in [1.807, 2.05) is 18.2 Å². The van der Waals surface area contributed by atoms with Gasteiger partial charge in [-0.25, -0.2) is 9.86 Å². The number of likely N-dealkylation sites (tertiary alicyclic amines) is 1. The number of carbonyl (C=O) groups excluding carboxylic acids is 1. The van der Waals surface area contributed by atoms with Crippen molar-refractivity contribution in [3.63, 3.8) is 0 Å². The zero-order valence-electron chi connectivity index (χ0n) is 8.76. The second kappa shape index (κ2) is 4.87. The SMILES string of the molecule is O=C(ON1C=CC=CC1)N1CCCCC1. The fraction of sp³-hybridized carbons (Fsp3) is 0.545. The molecule has 0 spiro atoms. The molecular weight excluding hydrogens is 192 g/mol. The molecule has 82 valence electrons. The summed E-state index contributed by atoms with van der Waals surface area (Å²) in [6.07, 6.45) is 10.7. The second-order valence-corrected chi connectivity index (χ2v) is 3.77. The highest BCUT2D eigenvalue weighted by Crippen LogP contribution is 2.11. The van der Waals surface area contributed by atoms with Crippen molar-refractivity contribution >= 4 is 6.09 Å². The first-order valence-electron chi connectivity index (χ1n) is 5.43. The molecule has 4 heteroatoms. The van der Waals surface area contributed by atoms with Crippen LogP contribution in [0.5, 0.6) is 0 Å². The normalized spacial score (nSPS) is 20.5. The Morgan fingerprint density at radius 2 is 1.93 bits per heavy atom. The lowest BCUT2D eigenvalue weighted by molar-refractivity contribution is -0.0675. The lowest BCUT2D eigenvalue weighted by atomic mass is 10.1. The Hall–Kier alpha value is -1.45. The fourth-order valence-corrected chi connectivity index (χ4v) is 1.75. The minimum absolute atomic E-state index is 0.227. The molecule has 4 nitrogen and oxygen atoms in total. The van der Waals surface area contributed by atoms with Crippen LogP contribution in [-0.2, 0) is 4.84 Å². The van der Waals surface area contributed by atoms with Gasteiger partial charge in [0.05, 0.1) is 6.54 Å². The molecule has 0 atom stereocenters. The van der Waals surface area contributed by atoms with Gasteiger partial charge in [0.25, 0.3) is 0 Å². The van der Waals surface area contributed by atoms with E-state index in [4.69, 9.17) is 4.84 Å². The van der Waals surface area contributed by atoms with Gasteiger partial charge in [0.1, 0.15) is 0 Å². The summed E-state index contributed by atoms with van der Waals surface area (Å²) in [6, 6.07) is 0. The standard InChI is InChI=1S/C11H16N2O2/c14-11(12-7-3-1-4-8-12)15-13-9-5-2-6-10-13/h2,5-6,9H,1,3-4,7-8,10H2. The maximum absolute atomic E-state index is 11.7. The summed E-state index contributed by atoms with van der Waals surface area (Å²) in [4.78, 5) is 18.7. The van der Waals surface area contributed by atoms with E-state index in [1.54, 1.807) is 16.2 Å². The number of amides is 1. The summed E-state index contributed by atoms with van der Waals surface area (Å²) >= 11 is 0. The summed E-state index contributed by atoms with van der Waals surface area (Å²) in [6.45, 7) is 2.29. The van der Waals surface area contributed by atoms with Gasteiger partial charge in [0, 0.05) is 19.3 Å². The summed E-state index contributed by atoms with van der Waals surface area (Å²) in [7, 11) is 0. The van der Waals surface area contributed by atoms with Gasteiger partial charge in [-0.15, -0.1) is 0 Å². The van der Waals surface area contributed by atoms with Crippen molar-refractivity contribution in [3.05, 3.63) is 24.4 Å². The predicted octanol–water partition coefficient (Wildman–Crippen LogP) is 1.91. The van der Waals surface area contributed by atoms with E-state index in [0.29, 0.717) is 6.54 Å². The third-order valence-electron chi connectivity index (χ3n) is 2.59. The van der Waals surface area contributed by atoms with Crippen LogP contribution in [0.1, 0.15) is 19.3 Å². The van der Waals surface area contributed by atoms with Gasteiger partial charge in [0.2, 0.25) is 0 Å². The second-order valence-electron chi connectivity index (χ2n) is 3.77. The Labute approximate surface area is 89.7 Å². The van der Waals surface area contributed by atoms with Gasteiger partial charge in [-0.1, -0.05) is 12.2 Å². The van der Waals surface area contributed by atoms with Crippen molar-refractivity contribution in [3.8, 4) is 0 Å². The maximum atomic E-state index is 11.7. The van der Waals surface area contributed by atoms with Crippen LogP contribution in [0.2, 0.25) is 0 Å². The predicted molar refractivity (Wildman–Crippen MR) is 56.9 cm³/mol. The zero-order valence-corrected chi connectivity index (χ0v) is 8.76. The Morgan fingerprint density at radius 1 is 1.13 bits per heavy atom. The van der Waals surface area contributed by atoms with E-state index >= 15 is 0 Å². The summed E-state index contributed by atoms with van der Waals surface area (Å²) in [5.74, 6) is 0. The Balaban J connectivity index is 1.80. The van der Waals surface area contributed by atoms with Gasteiger partial charge in [-0.2, -0.15) is 0 Å². The summed E-state index contributed by atoms with van der Waals surface area (Å²) < 4.78 is 0. The van der Waals surface area contributed by atoms with Gasteiger partial charge in [-0.3, -0.25) is 0 Å². The molecule has 0 aliphatic carbocycles. The van der Waals surface area contributed by atoms with Gasteiger partial charge < -0.3 is 9.74 Å². The van der Waals surface area contributed by atoms with Crippen LogP contribution in [0.25, 0.3) is 0 Å². The highest BCUT2D eigenvalue weighted by Gasteiger charge is 2.19. The van der Waals surface area contributed by atoms with Crippen LogP contribution >= 0.6 is 0 Å². The van der Waals surface area contributed by atoms with Gasteiger partial charge in [-0.05, 0) is 25.3 Å². The van der Waals surface area contributed by atoms with Crippen molar-refractivity contribution in [1.82, 2.24) is 9.96 Å². The van der Waals surface area contributed by atoms with E-state index in [1.165, 1.54) is 6.42 Å². The number of piperidine rings is 1. The lowest BCUT2D eigenvalue weighted by Gasteiger charge is -2.28. The van der Waals surface area contributed by atoms with E-state index < -0.39 is 0 Å². The number of allylic oxidation sites excluding steroid dienone is 2. The first kappa shape index (κ1) is 10.1. The van der Waals surface area contributed by atoms with Crippen molar-refractivity contribution in [2.75, 3.05) is 19.6 Å². The Morgan fingerprint density at radius 3 is 2.60 bits per heavy atom. The molecule has 1 amide bonds. The van der Waals surface area contributed by atoms with Crippen LogP contribution in [-0.4, -0.2) is 35.7 Å². The highest BCUT2D eigenvalue weighted by molar-refractivity contribution is 5.67. The fourth-order valence-electron chi connectivity index (χ4n) is 1.75. The average molecular weight is 208 g/mol. The number of carbonyl (C=O) groups is 1. The molecule has 0 saturated carbocycles. The van der Waals surface area contributed by atoms with Crippen LogP contribution in [0, 0.1) is 0 Å². The zero-order chi connectivity index (χ0) is 10.5. The van der Waals surface area contributed by atoms with Gasteiger partial charge in [0.15, 0.2) is 0 Å². The molecule has 2 aliphatic rings. The molecule has 0 aromatic heterocycles. The minimum Gasteiger partial charge on any atom is -0.322 e. The quantitative estimate of drug-likeness (QED) is 0.660. The van der Waals surface area contributed by atoms with Crippen molar-refractivity contribution in [2.24, 2.45) is 0 Å². The van der Waals surface area contributed by atoms with Crippen LogP contribution in [0.3, 0.4) is 0 Å². The third kappa shape index (κ3) is 2.75. The highest BCUT2D eigenvalue weighted by atomic mass is 16.7. The number of nitrogens with zero attached hydrogens (tertiary/aromatic N) is 2. The topological polar surface area (TPSA) is 32.8 Å². The van der Waals surface area contributed by atoms with Crippen molar-refractivity contribution < 1.29 is 9.63 Å². The monoisotopic (exact) mass is 208 g/mol. The molecule has 2 rings (SSSR count). The molecule has 0 unspecified atom stereocenters. The Bertz CT molecular complexity index is 280. The molecule has 2 aliphatic heterocycles. The number of hydrogen-bond donors (Lipinski definition) is 0. The molecule has 1 fully saturated rings. The van der Waals surface area contributed by atoms with E-state index in [-0.39, 0.29) is 6.09 Å². The van der Waals surface area contributed by atoms with E-state index in [0.717, 1.165) is 25.9 Å². The largest absolute Gasteiger partial charge is 0.434 e. The van der Waals surface area contributed by atoms with E-state index in [9.17, 15) is 4.79 Å². The first-order valence-corrected chi connectivity index (χ1v) is 5.43. The summed E-state index contributed by atoms with van der Waals surface area (Å²) in [5, 5.41) is 1.55. The minimum atomic E-state index is -0.227. The molecule has 0 radical (unpaired) electrons. The van der Waals surface area contributed by atoms with Crippen LogP contribution < -0.4 is 0 Å². The molecule has 15 heavy (non-hydrogen) atoms. The Kier molecular flexibility index (Phi) is 3.27. The molecular formula is C11H16N2O2. The molecule has 0 aromatic rings. The molecule has 0 aromatic carbocycles. The average Bonchev–Trinajstić information content (AvgIpc) is 2.31. The molecule has 0 N–H and O–H groups in total. The van der Waals surface area contributed by atoms with Crippen molar-refractivity contribution in [2.45, 2.75) is 19.3 Å². The van der Waals surface area contributed by atoms with Crippen LogP contribution in [0.4, 0.5) is 4.79 Å². The number of hydrogen-bond acceptors (Lipinski definition) is 3. The third-order valence-corrected chi connectivity index (χ3v) is 2.59. The van der Waals surface area contributed by atoms with E-state index in [2.05, 4.69) is 0 Å².